The van der Waals surface area contributed by atoms with Crippen LogP contribution in [-0.4, -0.2) is 9.85 Å². The third-order valence-corrected chi connectivity index (χ3v) is 4.12. The largest absolute Gasteiger partial charge is 0.416 e. The van der Waals surface area contributed by atoms with Gasteiger partial charge in [0.25, 0.3) is 11.4 Å². The molecule has 0 amide bonds. The van der Waals surface area contributed by atoms with Crippen LogP contribution in [0.5, 0.6) is 0 Å². The fourth-order valence-corrected chi connectivity index (χ4v) is 2.54. The van der Waals surface area contributed by atoms with Gasteiger partial charge in [-0.25, -0.2) is 0 Å². The molecule has 0 bridgehead atoms. The van der Waals surface area contributed by atoms with E-state index in [1.807, 2.05) is 0 Å². The Kier molecular flexibility index (Phi) is 5.49. The third-order valence-electron chi connectivity index (χ3n) is 3.09. The molecule has 0 unspecified atom stereocenters. The summed E-state index contributed by atoms with van der Waals surface area (Å²) in [6, 6.07) is 2.65. The number of alkyl halides is 3. The zero-order valence-electron chi connectivity index (χ0n) is 12.1. The van der Waals surface area contributed by atoms with E-state index < -0.39 is 38.6 Å². The summed E-state index contributed by atoms with van der Waals surface area (Å²) in [5.41, 5.74) is -4.76. The second-order valence-corrected chi connectivity index (χ2v) is 5.99. The summed E-state index contributed by atoms with van der Waals surface area (Å²) < 4.78 is 38.6. The monoisotopic (exact) mass is 429 g/mol. The average molecular weight is 431 g/mol. The molecule has 138 valence electrons. The average Bonchev–Trinajstić information content (AvgIpc) is 2.50. The number of hydrogen-bond acceptors (Lipinski definition) is 5. The van der Waals surface area contributed by atoms with Crippen LogP contribution in [0.1, 0.15) is 5.56 Å². The van der Waals surface area contributed by atoms with E-state index in [0.717, 1.165) is 12.1 Å². The molecule has 2 rings (SSSR count). The van der Waals surface area contributed by atoms with Crippen LogP contribution in [0.3, 0.4) is 0 Å². The van der Waals surface area contributed by atoms with Crippen molar-refractivity contribution in [2.45, 2.75) is 6.18 Å². The highest BCUT2D eigenvalue weighted by Crippen LogP contribution is 2.44. The van der Waals surface area contributed by atoms with Crippen molar-refractivity contribution >= 4 is 57.6 Å². The second-order valence-electron chi connectivity index (χ2n) is 4.77. The number of hydrogen-bond donors (Lipinski definition) is 1. The van der Waals surface area contributed by atoms with E-state index in [2.05, 4.69) is 5.32 Å². The van der Waals surface area contributed by atoms with Crippen molar-refractivity contribution in [3.05, 3.63) is 65.1 Å². The molecular weight excluding hydrogens is 426 g/mol. The molecule has 2 aromatic carbocycles. The highest BCUT2D eigenvalue weighted by atomic mass is 35.5. The maximum Gasteiger partial charge on any atom is 0.416 e. The van der Waals surface area contributed by atoms with E-state index in [-0.39, 0.29) is 32.9 Å². The van der Waals surface area contributed by atoms with Gasteiger partial charge in [-0.3, -0.25) is 20.2 Å². The Labute approximate surface area is 157 Å². The number of nitrogens with zero attached hydrogens (tertiary/aromatic N) is 2. The van der Waals surface area contributed by atoms with Crippen molar-refractivity contribution in [1.82, 2.24) is 0 Å². The molecule has 0 fully saturated rings. The van der Waals surface area contributed by atoms with Gasteiger partial charge in [0.15, 0.2) is 5.69 Å². The molecule has 0 aliphatic carbocycles. The molecule has 0 atom stereocenters. The summed E-state index contributed by atoms with van der Waals surface area (Å²) in [5.74, 6) is 0. The number of nitro groups is 2. The van der Waals surface area contributed by atoms with Gasteiger partial charge >= 0.3 is 6.18 Å². The summed E-state index contributed by atoms with van der Waals surface area (Å²) in [4.78, 5) is 20.0. The first kappa shape index (κ1) is 20.0. The van der Waals surface area contributed by atoms with Crippen LogP contribution in [0, 0.1) is 20.2 Å². The molecule has 0 saturated heterocycles. The molecule has 1 N–H and O–H groups in total. The van der Waals surface area contributed by atoms with E-state index in [1.54, 1.807) is 0 Å². The van der Waals surface area contributed by atoms with Crippen molar-refractivity contribution in [3.63, 3.8) is 0 Å². The number of rotatable bonds is 4. The molecule has 2 aromatic rings. The van der Waals surface area contributed by atoms with Crippen LogP contribution in [0.15, 0.2) is 24.3 Å². The summed E-state index contributed by atoms with van der Waals surface area (Å²) in [6.45, 7) is 0. The molecule has 0 aromatic heterocycles. The summed E-state index contributed by atoms with van der Waals surface area (Å²) >= 11 is 17.4. The van der Waals surface area contributed by atoms with E-state index in [1.165, 1.54) is 0 Å². The molecule has 26 heavy (non-hydrogen) atoms. The van der Waals surface area contributed by atoms with Gasteiger partial charge in [-0.15, -0.1) is 0 Å². The van der Waals surface area contributed by atoms with Gasteiger partial charge in [0.05, 0.1) is 36.2 Å². The minimum atomic E-state index is -5.02. The zero-order chi connectivity index (χ0) is 19.8. The maximum absolute atomic E-state index is 12.9. The van der Waals surface area contributed by atoms with Crippen molar-refractivity contribution in [1.29, 1.82) is 0 Å². The van der Waals surface area contributed by atoms with Crippen molar-refractivity contribution in [2.24, 2.45) is 0 Å². The molecule has 0 saturated carbocycles. The van der Waals surface area contributed by atoms with Crippen LogP contribution in [0.25, 0.3) is 0 Å². The lowest BCUT2D eigenvalue weighted by atomic mass is 10.1. The standard InChI is InChI=1S/C13H5Cl3F3N3O4/c14-6-3-8(16)9(4-7(6)15)20-12-10(21(23)24)1-5(13(17,18)19)2-11(12)22(25)26/h1-4,20H. The molecule has 0 aliphatic rings. The fraction of sp³-hybridized carbons (Fsp3) is 0.0769. The third kappa shape index (κ3) is 4.09. The predicted molar refractivity (Wildman–Crippen MR) is 89.5 cm³/mol. The molecule has 0 radical (unpaired) electrons. The second kappa shape index (κ2) is 7.14. The Morgan fingerprint density at radius 1 is 0.846 bits per heavy atom. The number of nitrogens with one attached hydrogen (secondary N) is 1. The molecule has 0 aliphatic heterocycles. The highest BCUT2D eigenvalue weighted by molar-refractivity contribution is 6.44. The lowest BCUT2D eigenvalue weighted by molar-refractivity contribution is -0.392. The first-order chi connectivity index (χ1) is 11.9. The van der Waals surface area contributed by atoms with Crippen molar-refractivity contribution in [3.8, 4) is 0 Å². The first-order valence-corrected chi connectivity index (χ1v) is 7.50. The summed E-state index contributed by atoms with van der Waals surface area (Å²) in [5, 5.41) is 24.5. The summed E-state index contributed by atoms with van der Waals surface area (Å²) in [6.07, 6.45) is -5.02. The van der Waals surface area contributed by atoms with Crippen molar-refractivity contribution in [2.75, 3.05) is 5.32 Å². The highest BCUT2D eigenvalue weighted by Gasteiger charge is 2.37. The lowest BCUT2D eigenvalue weighted by Gasteiger charge is -2.13. The molecule has 13 heteroatoms. The minimum absolute atomic E-state index is 0.0317. The van der Waals surface area contributed by atoms with E-state index in [0.29, 0.717) is 0 Å². The van der Waals surface area contributed by atoms with Gasteiger partial charge in [-0.05, 0) is 12.1 Å². The van der Waals surface area contributed by atoms with Crippen LogP contribution in [0.4, 0.5) is 35.9 Å². The van der Waals surface area contributed by atoms with Gasteiger partial charge in [0.1, 0.15) is 0 Å². The smallest absolute Gasteiger partial charge is 0.343 e. The Bertz CT molecular complexity index is 886. The topological polar surface area (TPSA) is 98.3 Å². The Morgan fingerprint density at radius 3 is 1.73 bits per heavy atom. The van der Waals surface area contributed by atoms with Crippen LogP contribution >= 0.6 is 34.8 Å². The van der Waals surface area contributed by atoms with Gasteiger partial charge in [-0.1, -0.05) is 34.8 Å². The Hall–Kier alpha value is -2.30. The SMILES string of the molecule is O=[N+]([O-])c1cc(C(F)(F)F)cc([N+](=O)[O-])c1Nc1cc(Cl)c(Cl)cc1Cl. The molecule has 0 heterocycles. The molecule has 7 nitrogen and oxygen atoms in total. The first-order valence-electron chi connectivity index (χ1n) is 6.37. The number of nitro benzene ring substituents is 2. The maximum atomic E-state index is 12.9. The Morgan fingerprint density at radius 2 is 1.31 bits per heavy atom. The van der Waals surface area contributed by atoms with E-state index in [9.17, 15) is 33.4 Å². The van der Waals surface area contributed by atoms with Gasteiger partial charge in [0, 0.05) is 12.1 Å². The Balaban J connectivity index is 2.73. The molecular formula is C13H5Cl3F3N3O4. The lowest BCUT2D eigenvalue weighted by Crippen LogP contribution is -2.09. The zero-order valence-corrected chi connectivity index (χ0v) is 14.4. The summed E-state index contributed by atoms with van der Waals surface area (Å²) in [7, 11) is 0. The van der Waals surface area contributed by atoms with E-state index >= 15 is 0 Å². The van der Waals surface area contributed by atoms with E-state index in [4.69, 9.17) is 34.8 Å². The quantitative estimate of drug-likeness (QED) is 0.352. The number of anilines is 2. The minimum Gasteiger partial charge on any atom is -0.343 e. The number of benzene rings is 2. The van der Waals surface area contributed by atoms with Crippen LogP contribution < -0.4 is 5.32 Å². The fourth-order valence-electron chi connectivity index (χ4n) is 1.94. The number of halogens is 6. The van der Waals surface area contributed by atoms with Crippen molar-refractivity contribution < 1.29 is 23.0 Å². The predicted octanol–water partition coefficient (Wildman–Crippen LogP) is 6.23. The van der Waals surface area contributed by atoms with Crippen LogP contribution in [-0.2, 0) is 6.18 Å². The molecule has 0 spiro atoms. The van der Waals surface area contributed by atoms with Crippen LogP contribution in [0.2, 0.25) is 15.1 Å². The van der Waals surface area contributed by atoms with Gasteiger partial charge < -0.3 is 5.32 Å². The normalized spacial score (nSPS) is 11.3. The van der Waals surface area contributed by atoms with Gasteiger partial charge in [0.2, 0.25) is 0 Å². The van der Waals surface area contributed by atoms with Gasteiger partial charge in [-0.2, -0.15) is 13.2 Å².